The Morgan fingerprint density at radius 1 is 1.06 bits per heavy atom. The number of furan rings is 1. The van der Waals surface area contributed by atoms with Crippen LogP contribution in [0.5, 0.6) is 17.2 Å². The smallest absolute Gasteiger partial charge is 0.298 e. The third kappa shape index (κ3) is 3.66. The Morgan fingerprint density at radius 2 is 1.87 bits per heavy atom. The van der Waals surface area contributed by atoms with Crippen LogP contribution >= 0.6 is 0 Å². The first-order chi connectivity index (χ1) is 15.2. The van der Waals surface area contributed by atoms with Crippen LogP contribution in [-0.2, 0) is 4.79 Å². The van der Waals surface area contributed by atoms with E-state index in [0.717, 1.165) is 16.9 Å². The molecule has 2 aliphatic heterocycles. The van der Waals surface area contributed by atoms with Crippen LogP contribution in [0.3, 0.4) is 0 Å². The quantitative estimate of drug-likeness (QED) is 0.469. The number of hydrazone groups is 1. The summed E-state index contributed by atoms with van der Waals surface area (Å²) in [6, 6.07) is 16.2. The van der Waals surface area contributed by atoms with E-state index in [-0.39, 0.29) is 18.4 Å². The van der Waals surface area contributed by atoms with Gasteiger partial charge in [-0.15, -0.1) is 0 Å². The van der Waals surface area contributed by atoms with Crippen LogP contribution in [0.2, 0.25) is 0 Å². The molecule has 8 heteroatoms. The Hall–Kier alpha value is -4.33. The van der Waals surface area contributed by atoms with Crippen LogP contribution in [0.4, 0.5) is 0 Å². The van der Waals surface area contributed by atoms with Gasteiger partial charge in [0.05, 0.1) is 19.6 Å². The lowest BCUT2D eigenvalue weighted by Crippen LogP contribution is -2.27. The van der Waals surface area contributed by atoms with Gasteiger partial charge in [0.2, 0.25) is 12.6 Å². The van der Waals surface area contributed by atoms with Gasteiger partial charge in [0.25, 0.3) is 5.91 Å². The van der Waals surface area contributed by atoms with Crippen molar-refractivity contribution in [3.63, 3.8) is 0 Å². The molecule has 0 radical (unpaired) electrons. The van der Waals surface area contributed by atoms with Crippen molar-refractivity contribution in [2.45, 2.75) is 0 Å². The second-order valence-corrected chi connectivity index (χ2v) is 6.69. The number of benzene rings is 2. The monoisotopic (exact) mass is 415 g/mol. The molecule has 1 aromatic heterocycles. The molecule has 3 heterocycles. The first-order valence-corrected chi connectivity index (χ1v) is 9.48. The number of nitrogens with zero attached hydrogens (tertiary/aromatic N) is 3. The Balaban J connectivity index is 1.47. The zero-order valence-electron chi connectivity index (χ0n) is 16.5. The van der Waals surface area contributed by atoms with Crippen LogP contribution in [0.1, 0.15) is 16.9 Å². The lowest BCUT2D eigenvalue weighted by atomic mass is 10.1. The van der Waals surface area contributed by atoms with Crippen LogP contribution in [0.25, 0.3) is 6.08 Å². The summed E-state index contributed by atoms with van der Waals surface area (Å²) in [5, 5.41) is 5.58. The maximum absolute atomic E-state index is 13.1. The van der Waals surface area contributed by atoms with E-state index >= 15 is 0 Å². The number of carbonyl (C=O) groups excluding carboxylic acids is 1. The highest BCUT2D eigenvalue weighted by atomic mass is 16.7. The minimum absolute atomic E-state index is 0.183. The molecule has 0 atom stereocenters. The molecule has 0 spiro atoms. The molecular formula is C23H17N3O5. The number of carbonyl (C=O) groups is 1. The number of hydrogen-bond donors (Lipinski definition) is 0. The SMILES string of the molecule is COc1ccc(C=NN2C(=O)C(=Cc3ccc4c(c3)OCO4)N=C2c2ccco2)cc1. The summed E-state index contributed by atoms with van der Waals surface area (Å²) in [5.41, 5.74) is 1.80. The van der Waals surface area contributed by atoms with Gasteiger partial charge in [0.15, 0.2) is 17.3 Å². The molecule has 0 saturated heterocycles. The lowest BCUT2D eigenvalue weighted by Gasteiger charge is -2.09. The molecule has 0 unspecified atom stereocenters. The van der Waals surface area contributed by atoms with Crippen LogP contribution in [-0.4, -0.2) is 36.9 Å². The Kier molecular flexibility index (Phi) is 4.72. The predicted molar refractivity (Wildman–Crippen MR) is 113 cm³/mol. The van der Waals surface area contributed by atoms with Crippen molar-refractivity contribution < 1.29 is 23.4 Å². The Labute approximate surface area is 177 Å². The standard InChI is InChI=1S/C23H17N3O5/c1-28-17-7-4-15(5-8-17)13-24-26-22(20-3-2-10-29-20)25-18(23(26)27)11-16-6-9-19-21(12-16)31-14-30-19/h2-13H,14H2,1H3. The summed E-state index contributed by atoms with van der Waals surface area (Å²) in [6.07, 6.45) is 4.78. The van der Waals surface area contributed by atoms with E-state index in [2.05, 4.69) is 10.1 Å². The van der Waals surface area contributed by atoms with E-state index in [4.69, 9.17) is 18.6 Å². The second kappa shape index (κ2) is 7.83. The molecule has 8 nitrogen and oxygen atoms in total. The zero-order valence-corrected chi connectivity index (χ0v) is 16.5. The molecule has 0 fully saturated rings. The number of amidine groups is 1. The van der Waals surface area contributed by atoms with Crippen molar-refractivity contribution >= 4 is 24.0 Å². The van der Waals surface area contributed by atoms with Crippen molar-refractivity contribution in [3.05, 3.63) is 83.4 Å². The van der Waals surface area contributed by atoms with E-state index in [9.17, 15) is 4.79 Å². The first-order valence-electron chi connectivity index (χ1n) is 9.48. The molecule has 3 aromatic rings. The summed E-state index contributed by atoms with van der Waals surface area (Å²) in [7, 11) is 1.60. The predicted octanol–water partition coefficient (Wildman–Crippen LogP) is 3.68. The number of fused-ring (bicyclic) bond motifs is 1. The summed E-state index contributed by atoms with van der Waals surface area (Å²) in [5.74, 6) is 2.42. The fraction of sp³-hybridized carbons (Fsp3) is 0.0870. The number of hydrogen-bond acceptors (Lipinski definition) is 7. The second-order valence-electron chi connectivity index (χ2n) is 6.69. The maximum atomic E-state index is 13.1. The van der Waals surface area contributed by atoms with Crippen molar-refractivity contribution in [2.75, 3.05) is 13.9 Å². The van der Waals surface area contributed by atoms with Crippen LogP contribution < -0.4 is 14.2 Å². The molecule has 5 rings (SSSR count). The van der Waals surface area contributed by atoms with E-state index < -0.39 is 0 Å². The molecule has 2 aliphatic rings. The number of methoxy groups -OCH3 is 1. The highest BCUT2D eigenvalue weighted by Crippen LogP contribution is 2.33. The number of rotatable bonds is 5. The summed E-state index contributed by atoms with van der Waals surface area (Å²) in [6.45, 7) is 0.183. The third-order valence-corrected chi connectivity index (χ3v) is 4.72. The molecule has 1 amide bonds. The maximum Gasteiger partial charge on any atom is 0.298 e. The van der Waals surface area contributed by atoms with Gasteiger partial charge in [-0.2, -0.15) is 10.1 Å². The molecular weight excluding hydrogens is 398 g/mol. The van der Waals surface area contributed by atoms with E-state index in [1.165, 1.54) is 11.3 Å². The van der Waals surface area contributed by atoms with Crippen molar-refractivity contribution in [1.82, 2.24) is 5.01 Å². The molecule has 154 valence electrons. The summed E-state index contributed by atoms with van der Waals surface area (Å²) in [4.78, 5) is 17.6. The van der Waals surface area contributed by atoms with Crippen molar-refractivity contribution in [1.29, 1.82) is 0 Å². The molecule has 31 heavy (non-hydrogen) atoms. The Bertz CT molecular complexity index is 1210. The van der Waals surface area contributed by atoms with E-state index in [1.807, 2.05) is 30.3 Å². The van der Waals surface area contributed by atoms with E-state index in [1.54, 1.807) is 43.7 Å². The van der Waals surface area contributed by atoms with E-state index in [0.29, 0.717) is 23.1 Å². The van der Waals surface area contributed by atoms with Gasteiger partial charge in [-0.05, 0) is 65.7 Å². The van der Waals surface area contributed by atoms with Gasteiger partial charge in [0, 0.05) is 0 Å². The van der Waals surface area contributed by atoms with Crippen LogP contribution in [0.15, 0.2) is 81.1 Å². The third-order valence-electron chi connectivity index (χ3n) is 4.72. The molecule has 0 N–H and O–H groups in total. The normalized spacial score (nSPS) is 16.4. The molecule has 0 saturated carbocycles. The average molecular weight is 415 g/mol. The topological polar surface area (TPSA) is 85.9 Å². The molecule has 2 aromatic carbocycles. The first kappa shape index (κ1) is 18.7. The molecule has 0 aliphatic carbocycles. The van der Waals surface area contributed by atoms with Gasteiger partial charge in [-0.3, -0.25) is 4.79 Å². The molecule has 0 bridgehead atoms. The fourth-order valence-electron chi connectivity index (χ4n) is 3.16. The fourth-order valence-corrected chi connectivity index (χ4v) is 3.16. The minimum atomic E-state index is -0.367. The van der Waals surface area contributed by atoms with Gasteiger partial charge in [-0.1, -0.05) is 6.07 Å². The minimum Gasteiger partial charge on any atom is -0.497 e. The van der Waals surface area contributed by atoms with Gasteiger partial charge in [0.1, 0.15) is 11.4 Å². The Morgan fingerprint density at radius 3 is 2.65 bits per heavy atom. The summed E-state index contributed by atoms with van der Waals surface area (Å²) >= 11 is 0. The number of ether oxygens (including phenoxy) is 3. The summed E-state index contributed by atoms with van der Waals surface area (Å²) < 4.78 is 21.4. The highest BCUT2D eigenvalue weighted by molar-refractivity contribution is 6.19. The zero-order chi connectivity index (χ0) is 21.2. The lowest BCUT2D eigenvalue weighted by molar-refractivity contribution is -0.122. The number of aliphatic imine (C=N–C) groups is 1. The van der Waals surface area contributed by atoms with Crippen molar-refractivity contribution in [2.24, 2.45) is 10.1 Å². The average Bonchev–Trinajstić information content (AvgIpc) is 3.54. The van der Waals surface area contributed by atoms with Crippen LogP contribution in [0, 0.1) is 0 Å². The van der Waals surface area contributed by atoms with Gasteiger partial charge >= 0.3 is 0 Å². The largest absolute Gasteiger partial charge is 0.497 e. The number of amides is 1. The highest BCUT2D eigenvalue weighted by Gasteiger charge is 2.32. The van der Waals surface area contributed by atoms with Gasteiger partial charge in [-0.25, -0.2) is 4.99 Å². The van der Waals surface area contributed by atoms with Crippen molar-refractivity contribution in [3.8, 4) is 17.2 Å². The van der Waals surface area contributed by atoms with Gasteiger partial charge < -0.3 is 18.6 Å².